The quantitative estimate of drug-likeness (QED) is 0.509. The Bertz CT molecular complexity index is 1210. The number of carbonyl (C=O) groups excluding carboxylic acids is 1. The third-order valence-electron chi connectivity index (χ3n) is 5.30. The normalized spacial score (nSPS) is 13.0. The topological polar surface area (TPSA) is 66.9 Å². The Balaban J connectivity index is 1.69. The predicted octanol–water partition coefficient (Wildman–Crippen LogP) is 4.52. The van der Waals surface area contributed by atoms with Gasteiger partial charge < -0.3 is 9.64 Å². The van der Waals surface area contributed by atoms with E-state index in [2.05, 4.69) is 0 Å². The van der Waals surface area contributed by atoms with Gasteiger partial charge in [0.15, 0.2) is 0 Å². The van der Waals surface area contributed by atoms with E-state index in [1.807, 2.05) is 31.2 Å². The summed E-state index contributed by atoms with van der Waals surface area (Å²) in [6.45, 7) is 2.57. The fourth-order valence-corrected chi connectivity index (χ4v) is 5.27. The van der Waals surface area contributed by atoms with Crippen LogP contribution in [0.4, 0.5) is 11.4 Å². The van der Waals surface area contributed by atoms with Crippen LogP contribution in [0, 0.1) is 0 Å². The van der Waals surface area contributed by atoms with Crippen molar-refractivity contribution in [2.75, 3.05) is 28.9 Å². The van der Waals surface area contributed by atoms with E-state index in [1.165, 1.54) is 24.3 Å². The Morgan fingerprint density at radius 3 is 2.41 bits per heavy atom. The molecule has 6 nitrogen and oxygen atoms in total. The van der Waals surface area contributed by atoms with Gasteiger partial charge in [0, 0.05) is 17.3 Å². The Morgan fingerprint density at radius 1 is 1.03 bits per heavy atom. The zero-order valence-corrected chi connectivity index (χ0v) is 19.1. The van der Waals surface area contributed by atoms with Crippen LogP contribution in [0.15, 0.2) is 77.7 Å². The van der Waals surface area contributed by atoms with E-state index in [1.54, 1.807) is 29.2 Å². The van der Waals surface area contributed by atoms with E-state index >= 15 is 0 Å². The van der Waals surface area contributed by atoms with Crippen LogP contribution in [0.5, 0.6) is 5.75 Å². The van der Waals surface area contributed by atoms with Crippen molar-refractivity contribution < 1.29 is 17.9 Å². The second kappa shape index (κ2) is 9.22. The van der Waals surface area contributed by atoms with Crippen molar-refractivity contribution in [3.05, 3.63) is 83.4 Å². The number of carbonyl (C=O) groups is 1. The van der Waals surface area contributed by atoms with Crippen LogP contribution in [-0.4, -0.2) is 34.0 Å². The average Bonchev–Trinajstić information content (AvgIpc) is 3.23. The molecule has 32 heavy (non-hydrogen) atoms. The van der Waals surface area contributed by atoms with E-state index < -0.39 is 10.0 Å². The van der Waals surface area contributed by atoms with E-state index in [4.69, 9.17) is 16.3 Å². The molecule has 1 amide bonds. The van der Waals surface area contributed by atoms with Crippen molar-refractivity contribution in [3.8, 4) is 5.75 Å². The maximum atomic E-state index is 13.5. The highest BCUT2D eigenvalue weighted by Crippen LogP contribution is 2.30. The summed E-state index contributed by atoms with van der Waals surface area (Å²) >= 11 is 5.94. The molecule has 0 radical (unpaired) electrons. The summed E-state index contributed by atoms with van der Waals surface area (Å²) in [7, 11) is -4.01. The van der Waals surface area contributed by atoms with Gasteiger partial charge in [-0.15, -0.1) is 0 Å². The Labute approximate surface area is 193 Å². The molecule has 0 aliphatic carbocycles. The van der Waals surface area contributed by atoms with E-state index in [9.17, 15) is 13.2 Å². The van der Waals surface area contributed by atoms with Gasteiger partial charge in [0.1, 0.15) is 12.3 Å². The predicted molar refractivity (Wildman–Crippen MR) is 126 cm³/mol. The summed E-state index contributed by atoms with van der Waals surface area (Å²) in [6.07, 6.45) is 0.745. The van der Waals surface area contributed by atoms with Crippen LogP contribution >= 0.6 is 11.6 Å². The first kappa shape index (κ1) is 22.2. The highest BCUT2D eigenvalue weighted by atomic mass is 35.5. The molecule has 0 fully saturated rings. The minimum atomic E-state index is -4.01. The lowest BCUT2D eigenvalue weighted by Crippen LogP contribution is -2.42. The molecule has 0 atom stereocenters. The van der Waals surface area contributed by atoms with Crippen LogP contribution < -0.4 is 13.9 Å². The number of benzene rings is 3. The molecule has 0 N–H and O–H groups in total. The second-order valence-electron chi connectivity index (χ2n) is 7.32. The lowest BCUT2D eigenvalue weighted by molar-refractivity contribution is -0.117. The first-order valence-electron chi connectivity index (χ1n) is 10.3. The van der Waals surface area contributed by atoms with Crippen LogP contribution in [0.3, 0.4) is 0 Å². The summed E-state index contributed by atoms with van der Waals surface area (Å²) in [4.78, 5) is 15.0. The minimum absolute atomic E-state index is 0.0606. The molecule has 3 aromatic carbocycles. The molecule has 0 saturated heterocycles. The molecule has 0 saturated carbocycles. The minimum Gasteiger partial charge on any atom is -0.494 e. The van der Waals surface area contributed by atoms with Gasteiger partial charge in [0.2, 0.25) is 5.91 Å². The van der Waals surface area contributed by atoms with Gasteiger partial charge in [-0.05, 0) is 73.5 Å². The number of hydrogen-bond donors (Lipinski definition) is 0. The van der Waals surface area contributed by atoms with Crippen molar-refractivity contribution in [2.45, 2.75) is 18.2 Å². The molecule has 0 bridgehead atoms. The zero-order chi connectivity index (χ0) is 22.7. The van der Waals surface area contributed by atoms with Crippen LogP contribution in [-0.2, 0) is 21.2 Å². The summed E-state index contributed by atoms with van der Waals surface area (Å²) in [5.41, 5.74) is 2.28. The Kier molecular flexibility index (Phi) is 6.39. The molecule has 3 aromatic rings. The fraction of sp³-hybridized carbons (Fsp3) is 0.208. The second-order valence-corrected chi connectivity index (χ2v) is 9.62. The molecule has 0 unspecified atom stereocenters. The van der Waals surface area contributed by atoms with Gasteiger partial charge in [-0.2, -0.15) is 0 Å². The number of para-hydroxylation sites is 1. The summed E-state index contributed by atoms with van der Waals surface area (Å²) in [5.74, 6) is 0.335. The lowest BCUT2D eigenvalue weighted by Gasteiger charge is -2.27. The summed E-state index contributed by atoms with van der Waals surface area (Å²) in [6, 6.07) is 20.3. The highest BCUT2D eigenvalue weighted by Gasteiger charge is 2.31. The van der Waals surface area contributed by atoms with E-state index in [0.29, 0.717) is 29.6 Å². The van der Waals surface area contributed by atoms with Crippen molar-refractivity contribution >= 4 is 38.9 Å². The third-order valence-corrected chi connectivity index (χ3v) is 7.34. The molecule has 166 valence electrons. The molecule has 0 spiro atoms. The molecular weight excluding hydrogens is 448 g/mol. The number of amides is 1. The van der Waals surface area contributed by atoms with E-state index in [-0.39, 0.29) is 17.3 Å². The summed E-state index contributed by atoms with van der Waals surface area (Å²) < 4.78 is 33.7. The lowest BCUT2D eigenvalue weighted by atomic mass is 10.2. The van der Waals surface area contributed by atoms with Gasteiger partial charge in [-0.1, -0.05) is 29.8 Å². The summed E-state index contributed by atoms with van der Waals surface area (Å²) in [5, 5.41) is 0.432. The SMILES string of the molecule is CCOc1ccc(N(CC(=O)N2CCc3ccccc32)S(=O)(=O)c2ccc(Cl)cc2)cc1. The average molecular weight is 471 g/mol. The number of nitrogens with zero attached hydrogens (tertiary/aromatic N) is 2. The number of sulfonamides is 1. The molecule has 1 heterocycles. The molecule has 8 heteroatoms. The number of halogens is 1. The monoisotopic (exact) mass is 470 g/mol. The number of rotatable bonds is 7. The van der Waals surface area contributed by atoms with E-state index in [0.717, 1.165) is 22.0 Å². The first-order valence-corrected chi connectivity index (χ1v) is 12.1. The van der Waals surface area contributed by atoms with Gasteiger partial charge >= 0.3 is 0 Å². The van der Waals surface area contributed by atoms with Crippen molar-refractivity contribution in [1.29, 1.82) is 0 Å². The maximum absolute atomic E-state index is 13.5. The number of hydrogen-bond acceptors (Lipinski definition) is 4. The van der Waals surface area contributed by atoms with Gasteiger partial charge in [0.25, 0.3) is 10.0 Å². The van der Waals surface area contributed by atoms with Gasteiger partial charge in [-0.3, -0.25) is 9.10 Å². The Hall–Kier alpha value is -3.03. The smallest absolute Gasteiger partial charge is 0.264 e. The van der Waals surface area contributed by atoms with Crippen molar-refractivity contribution in [1.82, 2.24) is 0 Å². The Morgan fingerprint density at radius 2 is 1.72 bits per heavy atom. The molecular formula is C24H23ClN2O4S. The van der Waals surface area contributed by atoms with Gasteiger partial charge in [0.05, 0.1) is 17.2 Å². The molecule has 1 aliphatic heterocycles. The largest absolute Gasteiger partial charge is 0.494 e. The standard InChI is InChI=1S/C24H23ClN2O4S/c1-2-31-21-11-9-20(10-12-21)27(32(29,30)22-13-7-19(25)8-14-22)17-24(28)26-16-15-18-5-3-4-6-23(18)26/h3-14H,2,15-17H2,1H3. The fourth-order valence-electron chi connectivity index (χ4n) is 3.73. The molecule has 0 aromatic heterocycles. The molecule has 4 rings (SSSR count). The van der Waals surface area contributed by atoms with Crippen LogP contribution in [0.1, 0.15) is 12.5 Å². The number of fused-ring (bicyclic) bond motifs is 1. The first-order chi connectivity index (χ1) is 15.4. The highest BCUT2D eigenvalue weighted by molar-refractivity contribution is 7.92. The van der Waals surface area contributed by atoms with Crippen LogP contribution in [0.25, 0.3) is 0 Å². The van der Waals surface area contributed by atoms with Crippen LogP contribution in [0.2, 0.25) is 5.02 Å². The third kappa shape index (κ3) is 4.45. The number of anilines is 2. The number of ether oxygens (including phenoxy) is 1. The molecule has 1 aliphatic rings. The zero-order valence-electron chi connectivity index (χ0n) is 17.6. The van der Waals surface area contributed by atoms with Crippen molar-refractivity contribution in [3.63, 3.8) is 0 Å². The van der Waals surface area contributed by atoms with Crippen molar-refractivity contribution in [2.24, 2.45) is 0 Å². The van der Waals surface area contributed by atoms with Gasteiger partial charge in [-0.25, -0.2) is 8.42 Å². The maximum Gasteiger partial charge on any atom is 0.264 e.